The molecule has 0 saturated heterocycles. The first-order valence-electron chi connectivity index (χ1n) is 12.2. The third kappa shape index (κ3) is 7.37. The summed E-state index contributed by atoms with van der Waals surface area (Å²) in [5, 5.41) is 14.2. The van der Waals surface area contributed by atoms with Crippen LogP contribution in [0.25, 0.3) is 10.8 Å². The Morgan fingerprint density at radius 1 is 1.09 bits per heavy atom. The van der Waals surface area contributed by atoms with Crippen molar-refractivity contribution in [3.63, 3.8) is 0 Å². The fourth-order valence-corrected chi connectivity index (χ4v) is 5.44. The molecular formula is C27H40N2O4S. The average molecular weight is 489 g/mol. The Hall–Kier alpha value is -2.25. The zero-order chi connectivity index (χ0) is 24.9. The summed E-state index contributed by atoms with van der Waals surface area (Å²) in [4.78, 5) is 11.7. The second-order valence-corrected chi connectivity index (χ2v) is 10.1. The predicted molar refractivity (Wildman–Crippen MR) is 145 cm³/mol. The van der Waals surface area contributed by atoms with Gasteiger partial charge in [0.05, 0.1) is 30.7 Å². The summed E-state index contributed by atoms with van der Waals surface area (Å²) >= 11 is 1.91. The van der Waals surface area contributed by atoms with Crippen molar-refractivity contribution < 1.29 is 14.7 Å². The van der Waals surface area contributed by atoms with Gasteiger partial charge in [0, 0.05) is 10.8 Å². The number of nitroso groups, excluding NO2 is 1. The SMILES string of the molecule is CCCCCCCCCSC(CC=C(C)C)c1cc(OC)c2c(NO)ccc(N=O)c2c1OC. The van der Waals surface area contributed by atoms with Gasteiger partial charge in [-0.1, -0.05) is 57.1 Å². The first kappa shape index (κ1) is 28.0. The van der Waals surface area contributed by atoms with Gasteiger partial charge in [-0.2, -0.15) is 11.8 Å². The summed E-state index contributed by atoms with van der Waals surface area (Å²) in [5.41, 5.74) is 5.12. The maximum absolute atomic E-state index is 11.7. The highest BCUT2D eigenvalue weighted by atomic mass is 32.2. The summed E-state index contributed by atoms with van der Waals surface area (Å²) in [6, 6.07) is 5.16. The molecular weight excluding hydrogens is 448 g/mol. The van der Waals surface area contributed by atoms with Crippen LogP contribution >= 0.6 is 11.8 Å². The van der Waals surface area contributed by atoms with Crippen LogP contribution in [0.2, 0.25) is 0 Å². The van der Waals surface area contributed by atoms with Crippen LogP contribution in [-0.4, -0.2) is 25.2 Å². The lowest BCUT2D eigenvalue weighted by atomic mass is 9.97. The number of nitrogens with one attached hydrogen (secondary N) is 1. The van der Waals surface area contributed by atoms with E-state index in [1.165, 1.54) is 50.5 Å². The van der Waals surface area contributed by atoms with Gasteiger partial charge < -0.3 is 9.47 Å². The number of ether oxygens (including phenoxy) is 2. The van der Waals surface area contributed by atoms with Crippen molar-refractivity contribution >= 4 is 33.9 Å². The molecule has 2 aromatic rings. The van der Waals surface area contributed by atoms with Crippen molar-refractivity contribution in [2.45, 2.75) is 77.4 Å². The molecule has 0 bridgehead atoms. The van der Waals surface area contributed by atoms with Gasteiger partial charge in [-0.3, -0.25) is 10.7 Å². The number of thioether (sulfide) groups is 1. The van der Waals surface area contributed by atoms with E-state index in [9.17, 15) is 10.1 Å². The Morgan fingerprint density at radius 2 is 1.79 bits per heavy atom. The minimum Gasteiger partial charge on any atom is -0.496 e. The highest BCUT2D eigenvalue weighted by Gasteiger charge is 2.24. The molecule has 0 saturated carbocycles. The van der Waals surface area contributed by atoms with Gasteiger partial charge in [0.1, 0.15) is 17.2 Å². The first-order valence-corrected chi connectivity index (χ1v) is 13.3. The Kier molecular flexibility index (Phi) is 12.3. The number of anilines is 1. The van der Waals surface area contributed by atoms with Gasteiger partial charge in [0.15, 0.2) is 0 Å². The summed E-state index contributed by atoms with van der Waals surface area (Å²) in [6.45, 7) is 6.45. The quantitative estimate of drug-likeness (QED) is 0.106. The van der Waals surface area contributed by atoms with Crippen LogP contribution in [0.4, 0.5) is 11.4 Å². The van der Waals surface area contributed by atoms with E-state index in [1.54, 1.807) is 26.4 Å². The lowest BCUT2D eigenvalue weighted by Gasteiger charge is -2.23. The second-order valence-electron chi connectivity index (χ2n) is 8.78. The second kappa shape index (κ2) is 14.9. The Bertz CT molecular complexity index is 958. The molecule has 0 fully saturated rings. The molecule has 0 aliphatic rings. The van der Waals surface area contributed by atoms with E-state index in [2.05, 4.69) is 37.5 Å². The van der Waals surface area contributed by atoms with E-state index in [0.29, 0.717) is 28.0 Å². The van der Waals surface area contributed by atoms with Crippen molar-refractivity contribution in [3.05, 3.63) is 40.3 Å². The molecule has 0 amide bonds. The minimum atomic E-state index is 0.133. The molecule has 0 aliphatic carbocycles. The molecule has 34 heavy (non-hydrogen) atoms. The number of benzene rings is 2. The van der Waals surface area contributed by atoms with Crippen LogP contribution < -0.4 is 15.0 Å². The van der Waals surface area contributed by atoms with Gasteiger partial charge in [0.25, 0.3) is 0 Å². The number of methoxy groups -OCH3 is 2. The molecule has 0 spiro atoms. The Labute approximate surface area is 208 Å². The molecule has 188 valence electrons. The van der Waals surface area contributed by atoms with Gasteiger partial charge >= 0.3 is 0 Å². The maximum Gasteiger partial charge on any atom is 0.133 e. The fraction of sp³-hybridized carbons (Fsp3) is 0.556. The molecule has 2 aromatic carbocycles. The molecule has 2 N–H and O–H groups in total. The zero-order valence-electron chi connectivity index (χ0n) is 21.3. The number of rotatable bonds is 16. The Balaban J connectivity index is 2.41. The normalized spacial score (nSPS) is 11.8. The highest BCUT2D eigenvalue weighted by Crippen LogP contribution is 2.50. The van der Waals surface area contributed by atoms with E-state index in [-0.39, 0.29) is 10.9 Å². The van der Waals surface area contributed by atoms with Crippen molar-refractivity contribution in [2.24, 2.45) is 5.18 Å². The topological polar surface area (TPSA) is 80.1 Å². The molecule has 0 aromatic heterocycles. The summed E-state index contributed by atoms with van der Waals surface area (Å²) in [6.07, 6.45) is 12.0. The van der Waals surface area contributed by atoms with E-state index in [1.807, 2.05) is 17.8 Å². The highest BCUT2D eigenvalue weighted by molar-refractivity contribution is 7.99. The number of hydrogen-bond donors (Lipinski definition) is 2. The predicted octanol–water partition coefficient (Wildman–Crippen LogP) is 8.94. The van der Waals surface area contributed by atoms with E-state index < -0.39 is 0 Å². The van der Waals surface area contributed by atoms with Crippen LogP contribution in [0.1, 0.15) is 83.0 Å². The summed E-state index contributed by atoms with van der Waals surface area (Å²) < 4.78 is 11.6. The number of unbranched alkanes of at least 4 members (excludes halogenated alkanes) is 6. The number of allylic oxidation sites excluding steroid dienone is 2. The van der Waals surface area contributed by atoms with Crippen molar-refractivity contribution in [3.8, 4) is 11.5 Å². The van der Waals surface area contributed by atoms with Crippen molar-refractivity contribution in [2.75, 3.05) is 25.5 Å². The smallest absolute Gasteiger partial charge is 0.133 e. The lowest BCUT2D eigenvalue weighted by Crippen LogP contribution is -2.03. The van der Waals surface area contributed by atoms with E-state index in [0.717, 1.165) is 17.7 Å². The van der Waals surface area contributed by atoms with Crippen LogP contribution in [0.5, 0.6) is 11.5 Å². The van der Waals surface area contributed by atoms with Gasteiger partial charge in [0.2, 0.25) is 0 Å². The molecule has 6 nitrogen and oxygen atoms in total. The van der Waals surface area contributed by atoms with Gasteiger partial charge in [-0.15, -0.1) is 4.91 Å². The van der Waals surface area contributed by atoms with Crippen LogP contribution in [0.3, 0.4) is 0 Å². The monoisotopic (exact) mass is 488 g/mol. The molecule has 0 heterocycles. The molecule has 2 rings (SSSR count). The summed E-state index contributed by atoms with van der Waals surface area (Å²) in [5.74, 6) is 2.21. The van der Waals surface area contributed by atoms with Crippen molar-refractivity contribution in [1.29, 1.82) is 0 Å². The minimum absolute atomic E-state index is 0.133. The number of hydrogen-bond acceptors (Lipinski definition) is 7. The van der Waals surface area contributed by atoms with Crippen LogP contribution in [-0.2, 0) is 0 Å². The fourth-order valence-electron chi connectivity index (χ4n) is 4.20. The summed E-state index contributed by atoms with van der Waals surface area (Å²) in [7, 11) is 3.20. The molecule has 0 radical (unpaired) electrons. The number of fused-ring (bicyclic) bond motifs is 1. The van der Waals surface area contributed by atoms with E-state index in [4.69, 9.17) is 9.47 Å². The third-order valence-corrected chi connectivity index (χ3v) is 7.38. The standard InChI is InChI=1S/C27H40N2O4S/c1-6-7-8-9-10-11-12-17-34-24(16-13-19(2)3)20-18-23(32-4)25-21(28-30)14-15-22(29-31)26(25)27(20)33-5/h13-15,18,24,28,30H,6-12,16-17H2,1-5H3. The first-order chi connectivity index (χ1) is 16.5. The Morgan fingerprint density at radius 3 is 2.38 bits per heavy atom. The van der Waals surface area contributed by atoms with Gasteiger partial charge in [-0.05, 0) is 55.8 Å². The van der Waals surface area contributed by atoms with E-state index >= 15 is 0 Å². The molecule has 0 aliphatic heterocycles. The van der Waals surface area contributed by atoms with Crippen LogP contribution in [0, 0.1) is 4.91 Å². The maximum atomic E-state index is 11.7. The molecule has 1 unspecified atom stereocenters. The van der Waals surface area contributed by atoms with Gasteiger partial charge in [-0.25, -0.2) is 0 Å². The largest absolute Gasteiger partial charge is 0.496 e. The van der Waals surface area contributed by atoms with Crippen molar-refractivity contribution in [1.82, 2.24) is 0 Å². The lowest BCUT2D eigenvalue weighted by molar-refractivity contribution is 0.388. The molecule has 7 heteroatoms. The third-order valence-electron chi connectivity index (χ3n) is 6.00. The molecule has 1 atom stereocenters. The average Bonchev–Trinajstić information content (AvgIpc) is 2.85. The number of nitrogens with zero attached hydrogens (tertiary/aromatic N) is 1. The zero-order valence-corrected chi connectivity index (χ0v) is 22.1. The van der Waals surface area contributed by atoms with Crippen LogP contribution in [0.15, 0.2) is 35.0 Å².